The molecule has 0 saturated carbocycles. The highest BCUT2D eigenvalue weighted by Gasteiger charge is 2.28. The maximum Gasteiger partial charge on any atom is 0.339 e. The first-order chi connectivity index (χ1) is 15.5. The van der Waals surface area contributed by atoms with Crippen molar-refractivity contribution in [1.82, 2.24) is 4.72 Å². The van der Waals surface area contributed by atoms with Crippen LogP contribution in [0, 0.1) is 27.7 Å². The van der Waals surface area contributed by atoms with E-state index in [1.807, 2.05) is 13.8 Å². The van der Waals surface area contributed by atoms with Crippen LogP contribution in [0.25, 0.3) is 11.0 Å². The molecule has 0 aliphatic carbocycles. The van der Waals surface area contributed by atoms with E-state index in [1.54, 1.807) is 45.0 Å². The Morgan fingerprint density at radius 2 is 1.70 bits per heavy atom. The maximum absolute atomic E-state index is 13.2. The third-order valence-electron chi connectivity index (χ3n) is 5.63. The van der Waals surface area contributed by atoms with Crippen molar-refractivity contribution < 1.29 is 22.4 Å². The topological polar surface area (TPSA) is 103 Å². The normalized spacial score (nSPS) is 12.6. The molecular weight excluding hydrogens is 442 g/mol. The number of rotatable bonds is 8. The quantitative estimate of drug-likeness (QED) is 0.295. The molecule has 1 heterocycles. The number of carbonyl (C=O) groups excluding carboxylic acids is 1. The second-order valence-electron chi connectivity index (χ2n) is 8.33. The van der Waals surface area contributed by atoms with Crippen molar-refractivity contribution in [3.8, 4) is 5.75 Å². The Labute approximate surface area is 193 Å². The minimum Gasteiger partial charge on any atom is -0.425 e. The lowest BCUT2D eigenvalue weighted by Crippen LogP contribution is -2.43. The van der Waals surface area contributed by atoms with E-state index in [0.717, 1.165) is 17.5 Å². The molecule has 0 unspecified atom stereocenters. The van der Waals surface area contributed by atoms with Gasteiger partial charge in [-0.1, -0.05) is 37.5 Å². The van der Waals surface area contributed by atoms with Crippen molar-refractivity contribution in [1.29, 1.82) is 0 Å². The van der Waals surface area contributed by atoms with Crippen molar-refractivity contribution in [2.45, 2.75) is 64.8 Å². The number of ether oxygens (including phenoxy) is 1. The minimum atomic E-state index is -3.93. The number of nitrogens with one attached hydrogen (secondary N) is 1. The van der Waals surface area contributed by atoms with E-state index < -0.39 is 27.7 Å². The Morgan fingerprint density at radius 1 is 1.03 bits per heavy atom. The molecule has 0 saturated heterocycles. The van der Waals surface area contributed by atoms with Gasteiger partial charge in [0.1, 0.15) is 17.4 Å². The molecule has 1 atom stereocenters. The molecule has 7 nitrogen and oxygen atoms in total. The first-order valence-corrected chi connectivity index (χ1v) is 12.4. The summed E-state index contributed by atoms with van der Waals surface area (Å²) in [7, 11) is -3.93. The van der Waals surface area contributed by atoms with Crippen LogP contribution < -0.4 is 15.1 Å². The molecule has 0 spiro atoms. The van der Waals surface area contributed by atoms with Crippen LogP contribution in [-0.4, -0.2) is 20.4 Å². The summed E-state index contributed by atoms with van der Waals surface area (Å²) in [6, 6.07) is 8.72. The van der Waals surface area contributed by atoms with Crippen LogP contribution in [0.1, 0.15) is 48.4 Å². The van der Waals surface area contributed by atoms with Gasteiger partial charge < -0.3 is 9.15 Å². The third kappa shape index (κ3) is 5.51. The summed E-state index contributed by atoms with van der Waals surface area (Å²) < 4.78 is 39.4. The van der Waals surface area contributed by atoms with Crippen molar-refractivity contribution in [2.24, 2.45) is 0 Å². The number of esters is 1. The molecule has 1 aromatic heterocycles. The van der Waals surface area contributed by atoms with Gasteiger partial charge in [-0.05, 0) is 69.5 Å². The summed E-state index contributed by atoms with van der Waals surface area (Å²) in [6.07, 6.45) is 1.71. The van der Waals surface area contributed by atoms with E-state index in [0.29, 0.717) is 28.5 Å². The summed E-state index contributed by atoms with van der Waals surface area (Å²) in [5, 5.41) is 0.515. The Kier molecular flexibility index (Phi) is 7.39. The first-order valence-electron chi connectivity index (χ1n) is 10.9. The number of sulfonamides is 1. The number of fused-ring (bicyclic) bond motifs is 1. The summed E-state index contributed by atoms with van der Waals surface area (Å²) in [5.41, 5.74) is 2.60. The highest BCUT2D eigenvalue weighted by molar-refractivity contribution is 7.89. The number of carbonyl (C=O) groups is 1. The Balaban J connectivity index is 1.97. The Hall–Kier alpha value is -2.97. The van der Waals surface area contributed by atoms with E-state index in [2.05, 4.69) is 4.72 Å². The van der Waals surface area contributed by atoms with Crippen LogP contribution in [0.3, 0.4) is 0 Å². The van der Waals surface area contributed by atoms with Gasteiger partial charge in [-0.3, -0.25) is 0 Å². The molecule has 176 valence electrons. The molecule has 1 N–H and O–H groups in total. The Morgan fingerprint density at radius 3 is 2.33 bits per heavy atom. The van der Waals surface area contributed by atoms with Crippen molar-refractivity contribution in [2.75, 3.05) is 0 Å². The van der Waals surface area contributed by atoms with Crippen LogP contribution in [0.5, 0.6) is 5.75 Å². The fourth-order valence-electron chi connectivity index (χ4n) is 3.55. The Bertz CT molecular complexity index is 1340. The van der Waals surface area contributed by atoms with Crippen molar-refractivity contribution in [3.05, 3.63) is 69.1 Å². The predicted octanol–water partition coefficient (Wildman–Crippen LogP) is 4.47. The summed E-state index contributed by atoms with van der Waals surface area (Å²) >= 11 is 0. The monoisotopic (exact) mass is 471 g/mol. The second-order valence-corrected chi connectivity index (χ2v) is 10.0. The average molecular weight is 472 g/mol. The molecule has 0 radical (unpaired) electrons. The standard InChI is InChI=1S/C25H29NO6S/c1-6-7-8-20(26-33(29,30)19-11-9-15(2)10-12-19)25(28)32-22-14-16(3)13-21-23(22)17(4)18(5)24(27)31-21/h9-14,20,26H,6-8H2,1-5H3/t20-/m0/s1. The lowest BCUT2D eigenvalue weighted by molar-refractivity contribution is -0.136. The van der Waals surface area contributed by atoms with Gasteiger partial charge in [0.05, 0.1) is 10.3 Å². The van der Waals surface area contributed by atoms with E-state index >= 15 is 0 Å². The number of hydrogen-bond acceptors (Lipinski definition) is 6. The molecule has 0 amide bonds. The summed E-state index contributed by atoms with van der Waals surface area (Å²) in [4.78, 5) is 25.3. The van der Waals surface area contributed by atoms with Gasteiger partial charge in [0.2, 0.25) is 10.0 Å². The fourth-order valence-corrected chi connectivity index (χ4v) is 4.77. The zero-order chi connectivity index (χ0) is 24.3. The van der Waals surface area contributed by atoms with Gasteiger partial charge in [0.15, 0.2) is 0 Å². The van der Waals surface area contributed by atoms with Crippen LogP contribution in [0.2, 0.25) is 0 Å². The van der Waals surface area contributed by atoms with Crippen LogP contribution in [0.15, 0.2) is 50.5 Å². The number of hydrogen-bond donors (Lipinski definition) is 1. The molecule has 0 bridgehead atoms. The van der Waals surface area contributed by atoms with Gasteiger partial charge in [0.25, 0.3) is 0 Å². The summed E-state index contributed by atoms with van der Waals surface area (Å²) in [5.74, 6) is -0.482. The van der Waals surface area contributed by atoms with E-state index in [9.17, 15) is 18.0 Å². The number of aryl methyl sites for hydroxylation is 3. The van der Waals surface area contributed by atoms with Crippen molar-refractivity contribution >= 4 is 27.0 Å². The molecular formula is C25H29NO6S. The molecule has 0 aliphatic heterocycles. The first kappa shape index (κ1) is 24.7. The maximum atomic E-state index is 13.2. The molecule has 0 fully saturated rings. The zero-order valence-corrected chi connectivity index (χ0v) is 20.3. The van der Waals surface area contributed by atoms with Gasteiger partial charge in [-0.15, -0.1) is 0 Å². The van der Waals surface area contributed by atoms with Gasteiger partial charge in [-0.2, -0.15) is 4.72 Å². The molecule has 3 rings (SSSR count). The smallest absolute Gasteiger partial charge is 0.339 e. The van der Waals surface area contributed by atoms with Gasteiger partial charge >= 0.3 is 11.6 Å². The van der Waals surface area contributed by atoms with E-state index in [1.165, 1.54) is 12.1 Å². The van der Waals surface area contributed by atoms with E-state index in [-0.39, 0.29) is 17.1 Å². The third-order valence-corrected chi connectivity index (χ3v) is 7.11. The molecule has 33 heavy (non-hydrogen) atoms. The minimum absolute atomic E-state index is 0.0802. The molecule has 3 aromatic rings. The van der Waals surface area contributed by atoms with Crippen molar-refractivity contribution in [3.63, 3.8) is 0 Å². The average Bonchev–Trinajstić information content (AvgIpc) is 2.74. The lowest BCUT2D eigenvalue weighted by atomic mass is 10.0. The van der Waals surface area contributed by atoms with Crippen LogP contribution >= 0.6 is 0 Å². The number of benzene rings is 2. The van der Waals surface area contributed by atoms with Gasteiger partial charge in [-0.25, -0.2) is 18.0 Å². The van der Waals surface area contributed by atoms with Crippen LogP contribution in [-0.2, 0) is 14.8 Å². The largest absolute Gasteiger partial charge is 0.425 e. The highest BCUT2D eigenvalue weighted by atomic mass is 32.2. The molecule has 8 heteroatoms. The fraction of sp³-hybridized carbons (Fsp3) is 0.360. The lowest BCUT2D eigenvalue weighted by Gasteiger charge is -2.19. The highest BCUT2D eigenvalue weighted by Crippen LogP contribution is 2.31. The van der Waals surface area contributed by atoms with Crippen LogP contribution in [0.4, 0.5) is 0 Å². The van der Waals surface area contributed by atoms with Gasteiger partial charge in [0, 0.05) is 5.56 Å². The summed E-state index contributed by atoms with van der Waals surface area (Å²) in [6.45, 7) is 9.02. The predicted molar refractivity (Wildman–Crippen MR) is 127 cm³/mol. The SMILES string of the molecule is CCCC[C@H](NS(=O)(=O)c1ccc(C)cc1)C(=O)Oc1cc(C)cc2oc(=O)c(C)c(C)c12. The number of unbranched alkanes of at least 4 members (excludes halogenated alkanes) is 1. The second kappa shape index (κ2) is 9.89. The van der Waals surface area contributed by atoms with E-state index in [4.69, 9.17) is 9.15 Å². The molecule has 2 aromatic carbocycles. The molecule has 0 aliphatic rings. The zero-order valence-electron chi connectivity index (χ0n) is 19.5.